The van der Waals surface area contributed by atoms with Crippen molar-refractivity contribution < 1.29 is 24.2 Å². The van der Waals surface area contributed by atoms with Gasteiger partial charge in [-0.25, -0.2) is 0 Å². The molecule has 186 valence electrons. The summed E-state index contributed by atoms with van der Waals surface area (Å²) in [7, 11) is 2.99. The molecule has 1 heterocycles. The van der Waals surface area contributed by atoms with Crippen LogP contribution in [0.4, 0.5) is 5.69 Å². The Balaban J connectivity index is 1.96. The second-order valence-electron chi connectivity index (χ2n) is 9.59. The zero-order valence-corrected chi connectivity index (χ0v) is 21.6. The van der Waals surface area contributed by atoms with E-state index in [1.165, 1.54) is 25.2 Å². The van der Waals surface area contributed by atoms with E-state index in [0.29, 0.717) is 27.8 Å². The molecule has 1 unspecified atom stereocenters. The Labute approximate surface area is 215 Å². The fourth-order valence-corrected chi connectivity index (χ4v) is 4.53. The fourth-order valence-electron chi connectivity index (χ4n) is 4.36. The van der Waals surface area contributed by atoms with E-state index in [9.17, 15) is 14.7 Å². The largest absolute Gasteiger partial charge is 0.507 e. The summed E-state index contributed by atoms with van der Waals surface area (Å²) in [6, 6.07) is 18.4. The standard InChI is InChI=1S/C29H28ClNO5/c1-29(2,3)18-9-12-20(13-10-18)31-25(17-7-6-8-21(15-17)35-4)24(27(33)28(31)34)26(32)22-16-19(30)11-14-23(22)36-5/h6-16,25,32H,1-5H3/b26-24+. The van der Waals surface area contributed by atoms with Crippen molar-refractivity contribution in [3.8, 4) is 11.5 Å². The smallest absolute Gasteiger partial charge is 0.300 e. The lowest BCUT2D eigenvalue weighted by atomic mass is 9.87. The number of aliphatic hydroxyl groups is 1. The average Bonchev–Trinajstić information content (AvgIpc) is 3.13. The van der Waals surface area contributed by atoms with Gasteiger partial charge in [-0.1, -0.05) is 56.6 Å². The Hall–Kier alpha value is -3.77. The minimum atomic E-state index is -0.899. The number of hydrogen-bond donors (Lipinski definition) is 1. The molecule has 36 heavy (non-hydrogen) atoms. The van der Waals surface area contributed by atoms with Crippen molar-refractivity contribution >= 4 is 34.7 Å². The van der Waals surface area contributed by atoms with Gasteiger partial charge in [0.25, 0.3) is 11.7 Å². The lowest BCUT2D eigenvalue weighted by Crippen LogP contribution is -2.29. The molecule has 3 aromatic carbocycles. The van der Waals surface area contributed by atoms with Gasteiger partial charge in [0.2, 0.25) is 0 Å². The zero-order valence-electron chi connectivity index (χ0n) is 20.8. The highest BCUT2D eigenvalue weighted by atomic mass is 35.5. The van der Waals surface area contributed by atoms with Gasteiger partial charge >= 0.3 is 0 Å². The van der Waals surface area contributed by atoms with Crippen molar-refractivity contribution in [1.82, 2.24) is 0 Å². The number of rotatable bonds is 5. The normalized spacial score (nSPS) is 17.4. The Kier molecular flexibility index (Phi) is 6.83. The van der Waals surface area contributed by atoms with E-state index in [0.717, 1.165) is 5.56 Å². The molecule has 0 aliphatic carbocycles. The lowest BCUT2D eigenvalue weighted by molar-refractivity contribution is -0.132. The van der Waals surface area contributed by atoms with Crippen LogP contribution < -0.4 is 14.4 Å². The second kappa shape index (κ2) is 9.70. The van der Waals surface area contributed by atoms with Crippen LogP contribution in [0.2, 0.25) is 5.02 Å². The van der Waals surface area contributed by atoms with Gasteiger partial charge < -0.3 is 14.6 Å². The van der Waals surface area contributed by atoms with Crippen molar-refractivity contribution in [1.29, 1.82) is 0 Å². The number of ketones is 1. The molecule has 0 radical (unpaired) electrons. The molecule has 7 heteroatoms. The monoisotopic (exact) mass is 505 g/mol. The van der Waals surface area contributed by atoms with Crippen molar-refractivity contribution in [3.63, 3.8) is 0 Å². The number of amides is 1. The molecule has 0 bridgehead atoms. The third-order valence-corrected chi connectivity index (χ3v) is 6.52. The fraction of sp³-hybridized carbons (Fsp3) is 0.241. The molecule has 1 aliphatic rings. The van der Waals surface area contributed by atoms with E-state index in [2.05, 4.69) is 20.8 Å². The van der Waals surface area contributed by atoms with Crippen molar-refractivity contribution in [2.45, 2.75) is 32.2 Å². The van der Waals surface area contributed by atoms with E-state index >= 15 is 0 Å². The first-order valence-electron chi connectivity index (χ1n) is 11.5. The van der Waals surface area contributed by atoms with Crippen LogP contribution in [0.25, 0.3) is 5.76 Å². The minimum absolute atomic E-state index is 0.0614. The highest BCUT2D eigenvalue weighted by molar-refractivity contribution is 6.51. The Morgan fingerprint density at radius 3 is 2.25 bits per heavy atom. The number of hydrogen-bond acceptors (Lipinski definition) is 5. The summed E-state index contributed by atoms with van der Waals surface area (Å²) >= 11 is 6.19. The van der Waals surface area contributed by atoms with Crippen LogP contribution >= 0.6 is 11.6 Å². The summed E-state index contributed by atoms with van der Waals surface area (Å²) < 4.78 is 10.8. The van der Waals surface area contributed by atoms with E-state index in [1.807, 2.05) is 24.3 Å². The van der Waals surface area contributed by atoms with Gasteiger partial charge in [0.05, 0.1) is 31.4 Å². The zero-order chi connectivity index (χ0) is 26.2. The number of aliphatic hydroxyl groups excluding tert-OH is 1. The van der Waals surface area contributed by atoms with Gasteiger partial charge in [0.1, 0.15) is 17.3 Å². The summed E-state index contributed by atoms with van der Waals surface area (Å²) in [5.41, 5.74) is 2.31. The number of ether oxygens (including phenoxy) is 2. The number of carbonyl (C=O) groups is 2. The topological polar surface area (TPSA) is 76.1 Å². The number of benzene rings is 3. The van der Waals surface area contributed by atoms with Crippen LogP contribution in [-0.4, -0.2) is 31.0 Å². The summed E-state index contributed by atoms with van der Waals surface area (Å²) in [5.74, 6) is -1.03. The van der Waals surface area contributed by atoms with Crippen LogP contribution in [0.15, 0.2) is 72.3 Å². The van der Waals surface area contributed by atoms with E-state index in [1.54, 1.807) is 36.4 Å². The molecule has 0 spiro atoms. The van der Waals surface area contributed by atoms with E-state index in [4.69, 9.17) is 21.1 Å². The number of anilines is 1. The SMILES string of the molecule is COc1cccc(C2/C(=C(\O)c3cc(Cl)ccc3OC)C(=O)C(=O)N2c2ccc(C(C)(C)C)cc2)c1. The van der Waals surface area contributed by atoms with Gasteiger partial charge in [-0.2, -0.15) is 0 Å². The molecule has 4 rings (SSSR count). The number of methoxy groups -OCH3 is 2. The molecule has 0 saturated carbocycles. The first-order valence-corrected chi connectivity index (χ1v) is 11.8. The molecule has 3 aromatic rings. The number of halogens is 1. The molecule has 6 nitrogen and oxygen atoms in total. The van der Waals surface area contributed by atoms with Crippen molar-refractivity contribution in [2.75, 3.05) is 19.1 Å². The molecule has 1 saturated heterocycles. The first kappa shape index (κ1) is 25.3. The van der Waals surface area contributed by atoms with Crippen LogP contribution in [0.1, 0.15) is 43.5 Å². The molecule has 0 aromatic heterocycles. The van der Waals surface area contributed by atoms with Crippen LogP contribution in [0, 0.1) is 0 Å². The van der Waals surface area contributed by atoms with Gasteiger partial charge in [-0.3, -0.25) is 14.5 Å². The van der Waals surface area contributed by atoms with Crippen molar-refractivity contribution in [2.24, 2.45) is 0 Å². The number of carbonyl (C=O) groups excluding carboxylic acids is 2. The molecule has 1 N–H and O–H groups in total. The highest BCUT2D eigenvalue weighted by Crippen LogP contribution is 2.44. The maximum Gasteiger partial charge on any atom is 0.300 e. The van der Waals surface area contributed by atoms with Gasteiger partial charge in [-0.05, 0) is 59.0 Å². The number of nitrogens with zero attached hydrogens (tertiary/aromatic N) is 1. The second-order valence-corrected chi connectivity index (χ2v) is 10.0. The molecular formula is C29H28ClNO5. The third kappa shape index (κ3) is 4.56. The Morgan fingerprint density at radius 2 is 1.64 bits per heavy atom. The molecule has 1 amide bonds. The van der Waals surface area contributed by atoms with E-state index < -0.39 is 17.7 Å². The van der Waals surface area contributed by atoms with E-state index in [-0.39, 0.29) is 22.3 Å². The van der Waals surface area contributed by atoms with Crippen LogP contribution in [0.5, 0.6) is 11.5 Å². The highest BCUT2D eigenvalue weighted by Gasteiger charge is 2.47. The van der Waals surface area contributed by atoms with Crippen LogP contribution in [-0.2, 0) is 15.0 Å². The Morgan fingerprint density at radius 1 is 0.944 bits per heavy atom. The summed E-state index contributed by atoms with van der Waals surface area (Å²) in [5, 5.41) is 11.8. The molecule has 1 aliphatic heterocycles. The van der Waals surface area contributed by atoms with Crippen molar-refractivity contribution in [3.05, 3.63) is 94.0 Å². The van der Waals surface area contributed by atoms with Crippen LogP contribution in [0.3, 0.4) is 0 Å². The minimum Gasteiger partial charge on any atom is -0.507 e. The molecule has 1 atom stereocenters. The first-order chi connectivity index (χ1) is 17.1. The molecular weight excluding hydrogens is 478 g/mol. The van der Waals surface area contributed by atoms with Gasteiger partial charge in [-0.15, -0.1) is 0 Å². The lowest BCUT2D eigenvalue weighted by Gasteiger charge is -2.27. The van der Waals surface area contributed by atoms with Gasteiger partial charge in [0, 0.05) is 10.7 Å². The predicted octanol–water partition coefficient (Wildman–Crippen LogP) is 6.28. The predicted molar refractivity (Wildman–Crippen MR) is 141 cm³/mol. The summed E-state index contributed by atoms with van der Waals surface area (Å²) in [6.45, 7) is 6.30. The quantitative estimate of drug-likeness (QED) is 0.251. The summed E-state index contributed by atoms with van der Waals surface area (Å²) in [6.07, 6.45) is 0. The van der Waals surface area contributed by atoms with Gasteiger partial charge in [0.15, 0.2) is 0 Å². The summed E-state index contributed by atoms with van der Waals surface area (Å²) in [4.78, 5) is 28.3. The Bertz CT molecular complexity index is 1350. The maximum absolute atomic E-state index is 13.4. The number of Topliss-reactive ketones (excluding diaryl/α,β-unsaturated/α-hetero) is 1. The third-order valence-electron chi connectivity index (χ3n) is 6.28. The maximum atomic E-state index is 13.4. The molecule has 1 fully saturated rings. The average molecular weight is 506 g/mol.